The Morgan fingerprint density at radius 3 is 2.37 bits per heavy atom. The second-order valence-electron chi connectivity index (χ2n) is 4.40. The molecule has 7 nitrogen and oxygen atoms in total. The lowest BCUT2D eigenvalue weighted by atomic mass is 10.3. The average molecular weight is 271 g/mol. The molecule has 1 aliphatic heterocycles. The van der Waals surface area contributed by atoms with E-state index in [9.17, 15) is 9.59 Å². The van der Waals surface area contributed by atoms with Gasteiger partial charge in [0.2, 0.25) is 0 Å². The molecule has 2 N–H and O–H groups in total. The van der Waals surface area contributed by atoms with Crippen LogP contribution in [0.2, 0.25) is 0 Å². The molecule has 19 heavy (non-hydrogen) atoms. The highest BCUT2D eigenvalue weighted by Crippen LogP contribution is 2.06. The normalized spacial score (nSPS) is 16.2. The van der Waals surface area contributed by atoms with Crippen LogP contribution in [0.1, 0.15) is 0 Å². The van der Waals surface area contributed by atoms with Crippen molar-refractivity contribution in [2.24, 2.45) is 0 Å². The molecule has 0 aromatic heterocycles. The number of urea groups is 1. The lowest BCUT2D eigenvalue weighted by Crippen LogP contribution is -2.54. The molecule has 0 radical (unpaired) electrons. The van der Waals surface area contributed by atoms with Crippen molar-refractivity contribution < 1.29 is 19.8 Å². The van der Waals surface area contributed by atoms with E-state index in [1.54, 1.807) is 15.9 Å². The lowest BCUT2D eigenvalue weighted by Gasteiger charge is -2.36. The summed E-state index contributed by atoms with van der Waals surface area (Å²) in [6.45, 7) is 6.31. The fraction of sp³-hybridized carbons (Fsp3) is 0.667. The summed E-state index contributed by atoms with van der Waals surface area (Å²) in [5.74, 6) is -0.853. The van der Waals surface area contributed by atoms with Crippen LogP contribution in [0.25, 0.3) is 0 Å². The molecule has 0 aliphatic carbocycles. The minimum absolute atomic E-state index is 0.00897. The van der Waals surface area contributed by atoms with Gasteiger partial charge in [-0.1, -0.05) is 6.08 Å². The summed E-state index contributed by atoms with van der Waals surface area (Å²) < 4.78 is 0. The van der Waals surface area contributed by atoms with Gasteiger partial charge in [-0.3, -0.25) is 9.69 Å². The Hall–Kier alpha value is -1.60. The standard InChI is InChI=1S/C12H21N3O4/c1-2-3-14(8-9-16)12(19)15-6-4-13(5-7-15)10-11(17)18/h2,16H,1,3-10H2,(H,17,18). The largest absolute Gasteiger partial charge is 0.480 e. The number of aliphatic carboxylic acids is 1. The molecule has 1 aliphatic rings. The number of nitrogens with zero attached hydrogens (tertiary/aromatic N) is 3. The van der Waals surface area contributed by atoms with Crippen molar-refractivity contribution in [1.82, 2.24) is 14.7 Å². The number of carbonyl (C=O) groups excluding carboxylic acids is 1. The van der Waals surface area contributed by atoms with Gasteiger partial charge >= 0.3 is 12.0 Å². The Bertz CT molecular complexity index is 327. The zero-order chi connectivity index (χ0) is 14.3. The summed E-state index contributed by atoms with van der Waals surface area (Å²) in [7, 11) is 0. The molecule has 0 atom stereocenters. The van der Waals surface area contributed by atoms with Crippen molar-refractivity contribution in [3.63, 3.8) is 0 Å². The molecule has 7 heteroatoms. The van der Waals surface area contributed by atoms with Crippen LogP contribution in [-0.4, -0.2) is 89.3 Å². The van der Waals surface area contributed by atoms with Gasteiger partial charge in [0.15, 0.2) is 0 Å². The van der Waals surface area contributed by atoms with Gasteiger partial charge in [-0.15, -0.1) is 6.58 Å². The van der Waals surface area contributed by atoms with Crippen LogP contribution in [0.15, 0.2) is 12.7 Å². The molecule has 0 aromatic carbocycles. The molecule has 2 amide bonds. The minimum atomic E-state index is -0.853. The number of rotatable bonds is 6. The summed E-state index contributed by atoms with van der Waals surface area (Å²) in [5.41, 5.74) is 0. The quantitative estimate of drug-likeness (QED) is 0.623. The van der Waals surface area contributed by atoms with Gasteiger partial charge < -0.3 is 20.0 Å². The zero-order valence-corrected chi connectivity index (χ0v) is 11.0. The minimum Gasteiger partial charge on any atom is -0.480 e. The van der Waals surface area contributed by atoms with Crippen LogP contribution in [0.3, 0.4) is 0 Å². The third-order valence-corrected chi connectivity index (χ3v) is 2.99. The monoisotopic (exact) mass is 271 g/mol. The third kappa shape index (κ3) is 4.88. The fourth-order valence-electron chi connectivity index (χ4n) is 2.03. The molecule has 0 unspecified atom stereocenters. The first kappa shape index (κ1) is 15.5. The van der Waals surface area contributed by atoms with E-state index in [0.717, 1.165) is 0 Å². The van der Waals surface area contributed by atoms with E-state index in [1.165, 1.54) is 4.90 Å². The number of hydrogen-bond donors (Lipinski definition) is 2. The third-order valence-electron chi connectivity index (χ3n) is 2.99. The maximum atomic E-state index is 12.2. The van der Waals surface area contributed by atoms with Gasteiger partial charge in [0.25, 0.3) is 0 Å². The van der Waals surface area contributed by atoms with Gasteiger partial charge in [-0.05, 0) is 0 Å². The van der Waals surface area contributed by atoms with Crippen LogP contribution in [0.4, 0.5) is 4.79 Å². The Morgan fingerprint density at radius 2 is 1.89 bits per heavy atom. The van der Waals surface area contributed by atoms with Gasteiger partial charge in [0, 0.05) is 39.3 Å². The molecule has 0 saturated carbocycles. The molecule has 1 fully saturated rings. The topological polar surface area (TPSA) is 84.3 Å². The van der Waals surface area contributed by atoms with Crippen molar-refractivity contribution in [2.45, 2.75) is 0 Å². The lowest BCUT2D eigenvalue weighted by molar-refractivity contribution is -0.138. The second kappa shape index (κ2) is 7.75. The predicted octanol–water partition coefficient (Wildman–Crippen LogP) is -0.711. The molecule has 1 saturated heterocycles. The maximum Gasteiger partial charge on any atom is 0.320 e. The van der Waals surface area contributed by atoms with Crippen molar-refractivity contribution in [3.05, 3.63) is 12.7 Å². The molecular formula is C12H21N3O4. The van der Waals surface area contributed by atoms with Gasteiger partial charge in [0.05, 0.1) is 13.2 Å². The van der Waals surface area contributed by atoms with Crippen LogP contribution >= 0.6 is 0 Å². The number of carboxylic acids is 1. The summed E-state index contributed by atoms with van der Waals surface area (Å²) in [6, 6.07) is -0.135. The van der Waals surface area contributed by atoms with Gasteiger partial charge in [0.1, 0.15) is 0 Å². The Kier molecular flexibility index (Phi) is 6.31. The van der Waals surface area contributed by atoms with E-state index in [2.05, 4.69) is 6.58 Å². The molecule has 0 aromatic rings. The van der Waals surface area contributed by atoms with E-state index in [0.29, 0.717) is 32.7 Å². The van der Waals surface area contributed by atoms with Crippen molar-refractivity contribution in [1.29, 1.82) is 0 Å². The first-order chi connectivity index (χ1) is 9.08. The van der Waals surface area contributed by atoms with E-state index in [1.807, 2.05) is 0 Å². The Morgan fingerprint density at radius 1 is 1.26 bits per heavy atom. The first-order valence-electron chi connectivity index (χ1n) is 6.28. The summed E-state index contributed by atoms with van der Waals surface area (Å²) in [4.78, 5) is 27.8. The molecule has 1 rings (SSSR count). The van der Waals surface area contributed by atoms with E-state index in [-0.39, 0.29) is 25.7 Å². The fourth-order valence-corrected chi connectivity index (χ4v) is 2.03. The Balaban J connectivity index is 2.46. The summed E-state index contributed by atoms with van der Waals surface area (Å²) in [6.07, 6.45) is 1.62. The van der Waals surface area contributed by atoms with Gasteiger partial charge in [-0.25, -0.2) is 4.79 Å². The maximum absolute atomic E-state index is 12.2. The second-order valence-corrected chi connectivity index (χ2v) is 4.40. The van der Waals surface area contributed by atoms with E-state index >= 15 is 0 Å². The number of amides is 2. The van der Waals surface area contributed by atoms with Crippen LogP contribution in [0, 0.1) is 0 Å². The zero-order valence-electron chi connectivity index (χ0n) is 11.0. The van der Waals surface area contributed by atoms with Crippen LogP contribution < -0.4 is 0 Å². The van der Waals surface area contributed by atoms with Gasteiger partial charge in [-0.2, -0.15) is 0 Å². The summed E-state index contributed by atoms with van der Waals surface area (Å²) in [5, 5.41) is 17.6. The molecule has 1 heterocycles. The van der Waals surface area contributed by atoms with Crippen molar-refractivity contribution in [2.75, 3.05) is 52.4 Å². The number of carboxylic acid groups (broad SMARTS) is 1. The predicted molar refractivity (Wildman–Crippen MR) is 69.9 cm³/mol. The molecular weight excluding hydrogens is 250 g/mol. The van der Waals surface area contributed by atoms with Crippen LogP contribution in [0.5, 0.6) is 0 Å². The average Bonchev–Trinajstić information content (AvgIpc) is 2.38. The molecule has 0 bridgehead atoms. The SMILES string of the molecule is C=CCN(CCO)C(=O)N1CCN(CC(=O)O)CC1. The van der Waals surface area contributed by atoms with Crippen molar-refractivity contribution in [3.8, 4) is 0 Å². The highest BCUT2D eigenvalue weighted by molar-refractivity contribution is 5.75. The first-order valence-corrected chi connectivity index (χ1v) is 6.28. The highest BCUT2D eigenvalue weighted by Gasteiger charge is 2.25. The number of aliphatic hydroxyl groups is 1. The number of hydrogen-bond acceptors (Lipinski definition) is 4. The molecule has 108 valence electrons. The smallest absolute Gasteiger partial charge is 0.320 e. The summed E-state index contributed by atoms with van der Waals surface area (Å²) >= 11 is 0. The highest BCUT2D eigenvalue weighted by atomic mass is 16.4. The van der Waals surface area contributed by atoms with E-state index in [4.69, 9.17) is 10.2 Å². The number of piperazine rings is 1. The van der Waals surface area contributed by atoms with E-state index < -0.39 is 5.97 Å². The van der Waals surface area contributed by atoms with Crippen LogP contribution in [-0.2, 0) is 4.79 Å². The molecule has 0 spiro atoms. The van der Waals surface area contributed by atoms with Crippen molar-refractivity contribution >= 4 is 12.0 Å². The number of aliphatic hydroxyl groups excluding tert-OH is 1. The Labute approximate surface area is 112 Å². The number of carbonyl (C=O) groups is 2.